The molecule has 270 valence electrons. The van der Waals surface area contributed by atoms with E-state index < -0.39 is 59.6 Å². The zero-order chi connectivity index (χ0) is 36.4. The molecular weight excluding hydrogens is 670 g/mol. The fraction of sp³-hybridized carbons (Fsp3) is 0.611. The molecule has 3 amide bonds. The number of hydrogen-bond acceptors (Lipinski definition) is 9. The highest BCUT2D eigenvalue weighted by Gasteiger charge is 2.64. The number of epoxide rings is 1. The number of carbonyl (C=O) groups is 4. The molecule has 4 bridgehead atoms. The van der Waals surface area contributed by atoms with E-state index in [4.69, 9.17) is 25.8 Å². The van der Waals surface area contributed by atoms with E-state index in [9.17, 15) is 24.3 Å². The Kier molecular flexibility index (Phi) is 12.2. The van der Waals surface area contributed by atoms with E-state index in [0.717, 1.165) is 23.1 Å². The van der Waals surface area contributed by atoms with Crippen LogP contribution < -0.4 is 10.2 Å². The number of likely N-dealkylation sites (N-methyl/N-ethyl adjacent to an activating group) is 1. The number of amides is 3. The van der Waals surface area contributed by atoms with E-state index in [-0.39, 0.29) is 31.1 Å². The van der Waals surface area contributed by atoms with Crippen LogP contribution in [-0.2, 0) is 35.0 Å². The molecule has 3 aliphatic heterocycles. The first-order valence-electron chi connectivity index (χ1n) is 16.8. The first kappa shape index (κ1) is 38.7. The summed E-state index contributed by atoms with van der Waals surface area (Å²) in [6.45, 7) is 10.9. The molecule has 8 atom stereocenters. The van der Waals surface area contributed by atoms with Crippen LogP contribution in [0.1, 0.15) is 71.4 Å². The van der Waals surface area contributed by atoms with Gasteiger partial charge in [0.15, 0.2) is 0 Å². The number of fused-ring (bicyclic) bond motifs is 5. The highest BCUT2D eigenvalue weighted by Crippen LogP contribution is 2.49. The molecule has 0 radical (unpaired) electrons. The predicted octanol–water partition coefficient (Wildman–Crippen LogP) is 5.15. The molecular formula is C36H50ClN3O8S. The Morgan fingerprint density at radius 2 is 1.94 bits per heavy atom. The number of rotatable bonds is 5. The molecule has 0 aromatic heterocycles. The number of ether oxygens (including phenoxy) is 3. The summed E-state index contributed by atoms with van der Waals surface area (Å²) in [6, 6.07) is 2.96. The van der Waals surface area contributed by atoms with E-state index >= 15 is 0 Å². The molecule has 11 nitrogen and oxygen atoms in total. The molecule has 4 rings (SSSR count). The maximum atomic E-state index is 14.0. The zero-order valence-corrected chi connectivity index (χ0v) is 31.3. The van der Waals surface area contributed by atoms with Gasteiger partial charge in [-0.05, 0) is 63.5 Å². The molecule has 1 aromatic carbocycles. The first-order valence-corrected chi connectivity index (χ1v) is 17.8. The molecule has 49 heavy (non-hydrogen) atoms. The highest BCUT2D eigenvalue weighted by atomic mass is 35.5. The molecule has 3 aliphatic rings. The van der Waals surface area contributed by atoms with E-state index in [0.29, 0.717) is 22.9 Å². The van der Waals surface area contributed by atoms with Crippen LogP contribution in [0.2, 0.25) is 5.02 Å². The number of aryl methyl sites for hydroxylation is 2. The fourth-order valence-electron chi connectivity index (χ4n) is 6.52. The molecule has 2 fully saturated rings. The number of carbonyl (C=O) groups excluding carboxylic acids is 4. The Bertz CT molecular complexity index is 1520. The van der Waals surface area contributed by atoms with Crippen LogP contribution in [0.4, 0.5) is 10.5 Å². The van der Waals surface area contributed by atoms with Crippen LogP contribution in [0.15, 0.2) is 35.9 Å². The van der Waals surface area contributed by atoms with Crippen molar-refractivity contribution in [2.75, 3.05) is 24.7 Å². The molecule has 2 N–H and O–H groups in total. The standard InChI is InChI=1S/C36H50ClN3O8S/c1-20-10-9-11-22(3)36(45)19-27(46-34(44)38-36)23(4)32-35(6,48-32)28(47-33(43)24(5)39(7)29(41)14-15-49)18-30(42)40(8)26-17-25(13-12-20)16-21(2)31(26)37/h9-11,16-17,22-24,27-28,32,45,49H,12-15,18-19H2,1-8H3,(H,38,44)/b11-9+,20-10+/t22-,23-,24+,27?,28+,32+,35+,36+/m1/s1. The number of halogens is 1. The summed E-state index contributed by atoms with van der Waals surface area (Å²) >= 11 is 10.9. The lowest BCUT2D eigenvalue weighted by Crippen LogP contribution is -2.60. The molecule has 0 spiro atoms. The van der Waals surface area contributed by atoms with E-state index in [2.05, 4.69) is 17.9 Å². The number of allylic oxidation sites excluding steroid dienone is 3. The fourth-order valence-corrected chi connectivity index (χ4v) is 6.95. The first-order chi connectivity index (χ1) is 22.9. The lowest BCUT2D eigenvalue weighted by molar-refractivity contribution is -0.161. The second kappa shape index (κ2) is 15.4. The maximum Gasteiger partial charge on any atom is 0.409 e. The summed E-state index contributed by atoms with van der Waals surface area (Å²) in [4.78, 5) is 55.6. The van der Waals surface area contributed by atoms with Crippen LogP contribution in [0.5, 0.6) is 0 Å². The van der Waals surface area contributed by atoms with Gasteiger partial charge >= 0.3 is 12.1 Å². The number of esters is 1. The molecule has 3 heterocycles. The van der Waals surface area contributed by atoms with Crippen molar-refractivity contribution in [3.63, 3.8) is 0 Å². The van der Waals surface area contributed by atoms with Gasteiger partial charge in [-0.25, -0.2) is 9.59 Å². The third-order valence-corrected chi connectivity index (χ3v) is 11.0. The van der Waals surface area contributed by atoms with Crippen LogP contribution >= 0.6 is 24.2 Å². The summed E-state index contributed by atoms with van der Waals surface area (Å²) in [5.41, 5.74) is 0.733. The summed E-state index contributed by atoms with van der Waals surface area (Å²) in [5, 5.41) is 14.7. The van der Waals surface area contributed by atoms with Gasteiger partial charge in [-0.3, -0.25) is 14.9 Å². The van der Waals surface area contributed by atoms with Gasteiger partial charge in [-0.2, -0.15) is 12.6 Å². The Morgan fingerprint density at radius 1 is 1.24 bits per heavy atom. The normalized spacial score (nSPS) is 33.1. The van der Waals surface area contributed by atoms with Gasteiger partial charge in [0.1, 0.15) is 29.6 Å². The summed E-state index contributed by atoms with van der Waals surface area (Å²) in [5.74, 6) is -1.92. The van der Waals surface area contributed by atoms with Gasteiger partial charge in [-0.15, -0.1) is 0 Å². The third kappa shape index (κ3) is 8.64. The van der Waals surface area contributed by atoms with Crippen molar-refractivity contribution in [1.29, 1.82) is 0 Å². The molecule has 0 saturated carbocycles. The van der Waals surface area contributed by atoms with Gasteiger partial charge in [0.25, 0.3) is 0 Å². The predicted molar refractivity (Wildman–Crippen MR) is 191 cm³/mol. The Labute approximate surface area is 299 Å². The van der Waals surface area contributed by atoms with Crippen molar-refractivity contribution >= 4 is 53.8 Å². The van der Waals surface area contributed by atoms with E-state index in [1.165, 1.54) is 16.8 Å². The van der Waals surface area contributed by atoms with Crippen LogP contribution in [-0.4, -0.2) is 89.4 Å². The number of nitrogens with zero attached hydrogens (tertiary/aromatic N) is 2. The molecule has 1 aromatic rings. The monoisotopic (exact) mass is 719 g/mol. The molecule has 13 heteroatoms. The average Bonchev–Trinajstić information content (AvgIpc) is 3.74. The van der Waals surface area contributed by atoms with Gasteiger partial charge in [0, 0.05) is 38.8 Å². The van der Waals surface area contributed by atoms with Crippen molar-refractivity contribution in [2.24, 2.45) is 11.8 Å². The number of hydrogen-bond donors (Lipinski definition) is 3. The van der Waals surface area contributed by atoms with E-state index in [1.54, 1.807) is 20.9 Å². The number of anilines is 1. The minimum absolute atomic E-state index is 0.0811. The topological polar surface area (TPSA) is 138 Å². The summed E-state index contributed by atoms with van der Waals surface area (Å²) in [7, 11) is 3.15. The third-order valence-electron chi connectivity index (χ3n) is 10.3. The quantitative estimate of drug-likeness (QED) is 0.216. The Morgan fingerprint density at radius 3 is 2.61 bits per heavy atom. The largest absolute Gasteiger partial charge is 0.457 e. The maximum absolute atomic E-state index is 14.0. The number of nitrogens with one attached hydrogen (secondary N) is 1. The summed E-state index contributed by atoms with van der Waals surface area (Å²) < 4.78 is 17.9. The second-order valence-electron chi connectivity index (χ2n) is 13.9. The number of thiol groups is 1. The van der Waals surface area contributed by atoms with Crippen molar-refractivity contribution in [2.45, 2.75) is 109 Å². The number of alkyl carbamates (subject to hydrolysis) is 1. The minimum Gasteiger partial charge on any atom is -0.457 e. The molecule has 2 saturated heterocycles. The van der Waals surface area contributed by atoms with Gasteiger partial charge in [0.05, 0.1) is 23.2 Å². The summed E-state index contributed by atoms with van der Waals surface area (Å²) in [6.07, 6.45) is 3.97. The smallest absolute Gasteiger partial charge is 0.409 e. The van der Waals surface area contributed by atoms with Crippen LogP contribution in [0, 0.1) is 18.8 Å². The second-order valence-corrected chi connectivity index (χ2v) is 14.8. The lowest BCUT2D eigenvalue weighted by Gasteiger charge is -2.41. The Balaban J connectivity index is 1.73. The number of aliphatic hydroxyl groups is 1. The van der Waals surface area contributed by atoms with Gasteiger partial charge in [-0.1, -0.05) is 55.3 Å². The van der Waals surface area contributed by atoms with Crippen molar-refractivity contribution in [3.8, 4) is 0 Å². The van der Waals surface area contributed by atoms with Crippen LogP contribution in [0.25, 0.3) is 0 Å². The number of benzene rings is 1. The van der Waals surface area contributed by atoms with Gasteiger partial charge < -0.3 is 29.1 Å². The highest BCUT2D eigenvalue weighted by molar-refractivity contribution is 7.80. The van der Waals surface area contributed by atoms with Crippen LogP contribution in [0.3, 0.4) is 0 Å². The zero-order valence-electron chi connectivity index (χ0n) is 29.6. The Hall–Kier alpha value is -3.06. The lowest BCUT2D eigenvalue weighted by atomic mass is 9.82. The van der Waals surface area contributed by atoms with Crippen molar-refractivity contribution < 1.29 is 38.5 Å². The van der Waals surface area contributed by atoms with Crippen molar-refractivity contribution in [1.82, 2.24) is 10.2 Å². The average molecular weight is 720 g/mol. The van der Waals surface area contributed by atoms with E-state index in [1.807, 2.05) is 58.1 Å². The molecule has 1 unspecified atom stereocenters. The van der Waals surface area contributed by atoms with Gasteiger partial charge in [0.2, 0.25) is 11.8 Å². The van der Waals surface area contributed by atoms with Crippen molar-refractivity contribution in [3.05, 3.63) is 52.1 Å². The minimum atomic E-state index is -1.58. The SMILES string of the molecule is C/C1=C\C=C\[C@@H](C)[C@@]2(O)CC(OC(=O)N2)[C@@H](C)[C@@H]2O[C@@]2(C)[C@@H](OC(=O)[C@H](C)N(C)C(=O)CCS)CC(=O)N(C)c2cc(cc(C)c2Cl)CC1. The molecule has 0 aliphatic carbocycles.